The van der Waals surface area contributed by atoms with E-state index in [4.69, 9.17) is 0 Å². The molecule has 2 unspecified atom stereocenters. The zero-order valence-corrected chi connectivity index (χ0v) is 15.0. The second-order valence-corrected chi connectivity index (χ2v) is 8.06. The number of nitrogens with zero attached hydrogens (tertiary/aromatic N) is 2. The number of H-pyrrole nitrogens is 1. The number of nitrogens with one attached hydrogen (secondary N) is 2. The fourth-order valence-corrected chi connectivity index (χ4v) is 5.25. The maximum atomic E-state index is 13.2. The second-order valence-electron chi connectivity index (χ2n) is 8.06. The van der Waals surface area contributed by atoms with Gasteiger partial charge in [0.15, 0.2) is 0 Å². The third-order valence-corrected chi connectivity index (χ3v) is 6.54. The van der Waals surface area contributed by atoms with Crippen LogP contribution in [0.3, 0.4) is 0 Å². The van der Waals surface area contributed by atoms with Crippen molar-refractivity contribution in [3.05, 3.63) is 34.2 Å². The molecule has 0 spiro atoms. The fraction of sp³-hybridized carbons (Fsp3) is 0.600. The first kappa shape index (κ1) is 16.1. The van der Waals surface area contributed by atoms with Crippen LogP contribution in [0.4, 0.5) is 0 Å². The molecule has 6 heteroatoms. The van der Waals surface area contributed by atoms with Crippen LogP contribution in [-0.2, 0) is 0 Å². The lowest BCUT2D eigenvalue weighted by atomic mass is 10.1. The summed E-state index contributed by atoms with van der Waals surface area (Å²) in [6.07, 6.45) is 7.72. The Labute approximate surface area is 152 Å². The van der Waals surface area contributed by atoms with E-state index in [2.05, 4.69) is 15.2 Å². The summed E-state index contributed by atoms with van der Waals surface area (Å²) in [7, 11) is 0. The molecule has 2 aromatic rings. The number of carbonyl (C=O) groups is 1. The number of rotatable bonds is 2. The summed E-state index contributed by atoms with van der Waals surface area (Å²) in [6.45, 7) is 1.88. The van der Waals surface area contributed by atoms with Gasteiger partial charge in [0.05, 0.1) is 11.0 Å². The molecule has 3 heterocycles. The molecular weight excluding hydrogens is 328 g/mol. The third kappa shape index (κ3) is 2.50. The lowest BCUT2D eigenvalue weighted by molar-refractivity contribution is 0.0680. The first-order chi connectivity index (χ1) is 12.7. The maximum Gasteiger partial charge on any atom is 0.326 e. The van der Waals surface area contributed by atoms with Gasteiger partial charge in [-0.3, -0.25) is 9.36 Å². The number of hydrogen-bond acceptors (Lipinski definition) is 3. The average molecular weight is 354 g/mol. The van der Waals surface area contributed by atoms with Crippen LogP contribution in [0.25, 0.3) is 11.0 Å². The Bertz CT molecular complexity index is 879. The minimum Gasteiger partial charge on any atom is -0.331 e. The van der Waals surface area contributed by atoms with E-state index in [-0.39, 0.29) is 11.6 Å². The summed E-state index contributed by atoms with van der Waals surface area (Å²) >= 11 is 0. The van der Waals surface area contributed by atoms with Crippen molar-refractivity contribution < 1.29 is 4.79 Å². The Hall–Kier alpha value is -2.08. The van der Waals surface area contributed by atoms with Crippen molar-refractivity contribution in [2.45, 2.75) is 63.1 Å². The van der Waals surface area contributed by atoms with Crippen LogP contribution in [0.1, 0.15) is 61.3 Å². The molecule has 6 nitrogen and oxygen atoms in total. The SMILES string of the molecule is O=C(c1ccc2c(c1)[nH]c(=O)n2C1CCCC1)N1C2CCNCC1CC2. The van der Waals surface area contributed by atoms with Gasteiger partial charge in [-0.05, 0) is 56.8 Å². The van der Waals surface area contributed by atoms with Gasteiger partial charge in [0.25, 0.3) is 5.91 Å². The highest BCUT2D eigenvalue weighted by molar-refractivity contribution is 5.98. The molecule has 5 rings (SSSR count). The van der Waals surface area contributed by atoms with Crippen LogP contribution >= 0.6 is 0 Å². The van der Waals surface area contributed by atoms with Gasteiger partial charge in [-0.1, -0.05) is 12.8 Å². The molecule has 2 atom stereocenters. The van der Waals surface area contributed by atoms with Gasteiger partial charge < -0.3 is 15.2 Å². The van der Waals surface area contributed by atoms with E-state index in [1.165, 1.54) is 12.8 Å². The van der Waals surface area contributed by atoms with Gasteiger partial charge in [-0.25, -0.2) is 4.79 Å². The molecule has 1 aromatic heterocycles. The van der Waals surface area contributed by atoms with E-state index in [1.807, 2.05) is 22.8 Å². The minimum atomic E-state index is -0.0458. The molecule has 0 radical (unpaired) electrons. The molecule has 1 amide bonds. The van der Waals surface area contributed by atoms with Crippen molar-refractivity contribution >= 4 is 16.9 Å². The standard InChI is InChI=1S/C20H26N4O2/c25-19(23-15-6-7-16(23)12-21-10-9-15)13-5-8-18-17(11-13)22-20(26)24(18)14-3-1-2-4-14/h5,8,11,14-16,21H,1-4,6-7,9-10,12H2,(H,22,26). The number of amides is 1. The quantitative estimate of drug-likeness (QED) is 0.870. The van der Waals surface area contributed by atoms with Crippen LogP contribution in [0.15, 0.2) is 23.0 Å². The summed E-state index contributed by atoms with van der Waals surface area (Å²) in [4.78, 5) is 30.7. The van der Waals surface area contributed by atoms with E-state index in [9.17, 15) is 9.59 Å². The largest absolute Gasteiger partial charge is 0.331 e. The summed E-state index contributed by atoms with van der Waals surface area (Å²) in [5.74, 6) is 0.109. The number of aromatic nitrogens is 2. The zero-order valence-electron chi connectivity index (χ0n) is 15.0. The van der Waals surface area contributed by atoms with E-state index in [1.54, 1.807) is 0 Å². The van der Waals surface area contributed by atoms with Gasteiger partial charge in [0.2, 0.25) is 0 Å². The van der Waals surface area contributed by atoms with Gasteiger partial charge in [0.1, 0.15) is 0 Å². The Balaban J connectivity index is 1.50. The normalized spacial score (nSPS) is 26.5. The van der Waals surface area contributed by atoms with Gasteiger partial charge >= 0.3 is 5.69 Å². The number of hydrogen-bond donors (Lipinski definition) is 2. The van der Waals surface area contributed by atoms with E-state index in [0.29, 0.717) is 23.7 Å². The minimum absolute atomic E-state index is 0.0458. The maximum absolute atomic E-state index is 13.2. The highest BCUT2D eigenvalue weighted by Crippen LogP contribution is 2.32. The van der Waals surface area contributed by atoms with Gasteiger partial charge in [-0.2, -0.15) is 0 Å². The van der Waals surface area contributed by atoms with Crippen molar-refractivity contribution in [2.75, 3.05) is 13.1 Å². The fourth-order valence-electron chi connectivity index (χ4n) is 5.25. The predicted molar refractivity (Wildman–Crippen MR) is 101 cm³/mol. The van der Waals surface area contributed by atoms with E-state index in [0.717, 1.165) is 56.2 Å². The lowest BCUT2D eigenvalue weighted by Crippen LogP contribution is -2.42. The molecule has 1 saturated carbocycles. The van der Waals surface area contributed by atoms with Crippen LogP contribution in [-0.4, -0.2) is 45.5 Å². The third-order valence-electron chi connectivity index (χ3n) is 6.54. The Morgan fingerprint density at radius 1 is 1.00 bits per heavy atom. The molecule has 2 N–H and O–H groups in total. The Morgan fingerprint density at radius 3 is 2.65 bits per heavy atom. The smallest absolute Gasteiger partial charge is 0.326 e. The first-order valence-electron chi connectivity index (χ1n) is 10.00. The topological polar surface area (TPSA) is 70.1 Å². The molecule has 2 aliphatic heterocycles. The molecule has 1 aliphatic carbocycles. The van der Waals surface area contributed by atoms with Gasteiger partial charge in [-0.15, -0.1) is 0 Å². The highest BCUT2D eigenvalue weighted by Gasteiger charge is 2.38. The summed E-state index contributed by atoms with van der Waals surface area (Å²) in [6, 6.07) is 6.68. The second kappa shape index (κ2) is 6.27. The highest BCUT2D eigenvalue weighted by atomic mass is 16.2. The number of fused-ring (bicyclic) bond motifs is 3. The van der Waals surface area contributed by atoms with Crippen molar-refractivity contribution in [1.82, 2.24) is 19.8 Å². The molecule has 3 fully saturated rings. The number of benzene rings is 1. The zero-order chi connectivity index (χ0) is 17.7. The van der Waals surface area contributed by atoms with E-state index >= 15 is 0 Å². The molecule has 138 valence electrons. The lowest BCUT2D eigenvalue weighted by Gasteiger charge is -2.28. The van der Waals surface area contributed by atoms with Crippen molar-refractivity contribution in [3.8, 4) is 0 Å². The number of imidazole rings is 1. The van der Waals surface area contributed by atoms with Crippen molar-refractivity contribution in [1.29, 1.82) is 0 Å². The van der Waals surface area contributed by atoms with Crippen LogP contribution in [0.2, 0.25) is 0 Å². The monoisotopic (exact) mass is 354 g/mol. The van der Waals surface area contributed by atoms with Crippen molar-refractivity contribution in [2.24, 2.45) is 0 Å². The first-order valence-corrected chi connectivity index (χ1v) is 10.00. The number of aromatic amines is 1. The van der Waals surface area contributed by atoms with E-state index < -0.39 is 0 Å². The number of carbonyl (C=O) groups excluding carboxylic acids is 1. The Kier molecular flexibility index (Phi) is 3.89. The molecule has 2 saturated heterocycles. The summed E-state index contributed by atoms with van der Waals surface area (Å²) < 4.78 is 1.90. The average Bonchev–Trinajstić information content (AvgIpc) is 3.30. The Morgan fingerprint density at radius 2 is 1.81 bits per heavy atom. The van der Waals surface area contributed by atoms with Crippen molar-refractivity contribution in [3.63, 3.8) is 0 Å². The van der Waals surface area contributed by atoms with Crippen LogP contribution < -0.4 is 11.0 Å². The van der Waals surface area contributed by atoms with Crippen LogP contribution in [0, 0.1) is 0 Å². The molecule has 26 heavy (non-hydrogen) atoms. The summed E-state index contributed by atoms with van der Waals surface area (Å²) in [5, 5.41) is 3.44. The summed E-state index contributed by atoms with van der Waals surface area (Å²) in [5.41, 5.74) is 2.36. The molecule has 2 bridgehead atoms. The van der Waals surface area contributed by atoms with Crippen LogP contribution in [0.5, 0.6) is 0 Å². The molecule has 3 aliphatic rings. The van der Waals surface area contributed by atoms with Gasteiger partial charge in [0, 0.05) is 30.2 Å². The molecular formula is C20H26N4O2. The predicted octanol–water partition coefficient (Wildman–Crippen LogP) is 2.41. The molecule has 1 aromatic carbocycles.